The second kappa shape index (κ2) is 16.8. The first-order chi connectivity index (χ1) is 21.1. The minimum atomic E-state index is -1.30. The van der Waals surface area contributed by atoms with E-state index in [1.807, 2.05) is 30.3 Å². The Labute approximate surface area is 254 Å². The molecular weight excluding hydrogens is 568 g/mol. The van der Waals surface area contributed by atoms with Gasteiger partial charge in [-0.05, 0) is 55.8 Å². The number of amides is 3. The first-order valence-corrected chi connectivity index (χ1v) is 14.5. The summed E-state index contributed by atoms with van der Waals surface area (Å²) in [5.74, 6) is -4.61. The number of para-hydroxylation sites is 1. The van der Waals surface area contributed by atoms with Crippen LogP contribution in [-0.2, 0) is 36.8 Å². The number of aromatic nitrogens is 1. The first kappa shape index (κ1) is 33.7. The molecular formula is C31H40N6O7. The molecule has 0 bridgehead atoms. The van der Waals surface area contributed by atoms with Crippen molar-refractivity contribution in [3.05, 3.63) is 71.9 Å². The molecule has 0 saturated heterocycles. The molecule has 13 nitrogen and oxygen atoms in total. The van der Waals surface area contributed by atoms with Crippen molar-refractivity contribution in [2.24, 2.45) is 11.5 Å². The van der Waals surface area contributed by atoms with E-state index >= 15 is 0 Å². The number of H-pyrrole nitrogens is 1. The second-order valence-electron chi connectivity index (χ2n) is 10.6. The van der Waals surface area contributed by atoms with Crippen molar-refractivity contribution in [1.82, 2.24) is 20.9 Å². The van der Waals surface area contributed by atoms with E-state index in [1.54, 1.807) is 30.5 Å². The van der Waals surface area contributed by atoms with Crippen LogP contribution in [-0.4, -0.2) is 75.6 Å². The Balaban J connectivity index is 1.73. The largest absolute Gasteiger partial charge is 0.481 e. The number of rotatable bonds is 18. The average Bonchev–Trinajstić information content (AvgIpc) is 3.41. The van der Waals surface area contributed by atoms with E-state index in [0.717, 1.165) is 16.5 Å². The summed E-state index contributed by atoms with van der Waals surface area (Å²) >= 11 is 0. The number of unbranched alkanes of at least 4 members (excludes halogenated alkanes) is 1. The van der Waals surface area contributed by atoms with Gasteiger partial charge in [0.2, 0.25) is 17.7 Å². The van der Waals surface area contributed by atoms with Crippen molar-refractivity contribution >= 4 is 40.6 Å². The molecule has 0 saturated carbocycles. The molecule has 4 unspecified atom stereocenters. The molecule has 3 amide bonds. The molecule has 1 heterocycles. The van der Waals surface area contributed by atoms with Crippen molar-refractivity contribution in [1.29, 1.82) is 0 Å². The summed E-state index contributed by atoms with van der Waals surface area (Å²) in [7, 11) is 0. The molecule has 4 atom stereocenters. The maximum absolute atomic E-state index is 13.4. The third-order valence-electron chi connectivity index (χ3n) is 7.21. The summed E-state index contributed by atoms with van der Waals surface area (Å²) in [6.07, 6.45) is 2.32. The number of aliphatic carboxylic acids is 2. The highest BCUT2D eigenvalue weighted by Gasteiger charge is 2.31. The van der Waals surface area contributed by atoms with E-state index in [0.29, 0.717) is 24.9 Å². The molecule has 0 aliphatic carbocycles. The van der Waals surface area contributed by atoms with Gasteiger partial charge in [0.05, 0.1) is 6.04 Å². The number of carboxylic acids is 2. The second-order valence-corrected chi connectivity index (χ2v) is 10.6. The molecule has 3 rings (SSSR count). The zero-order valence-electron chi connectivity index (χ0n) is 24.3. The van der Waals surface area contributed by atoms with Gasteiger partial charge in [0.25, 0.3) is 0 Å². The lowest BCUT2D eigenvalue weighted by molar-refractivity contribution is -0.142. The normalized spacial score (nSPS) is 13.8. The monoisotopic (exact) mass is 608 g/mol. The van der Waals surface area contributed by atoms with E-state index in [-0.39, 0.29) is 25.7 Å². The van der Waals surface area contributed by atoms with Gasteiger partial charge >= 0.3 is 11.9 Å². The number of hydrogen-bond acceptors (Lipinski definition) is 7. The Kier molecular flexibility index (Phi) is 12.9. The molecule has 236 valence electrons. The molecule has 13 heteroatoms. The van der Waals surface area contributed by atoms with Gasteiger partial charge in [0.15, 0.2) is 0 Å². The number of aromatic amines is 1. The molecule has 0 fully saturated rings. The number of carbonyl (C=O) groups is 5. The fraction of sp³-hybridized carbons (Fsp3) is 0.387. The number of fused-ring (bicyclic) bond motifs is 1. The van der Waals surface area contributed by atoms with Gasteiger partial charge in [-0.3, -0.25) is 19.2 Å². The van der Waals surface area contributed by atoms with Crippen LogP contribution in [0.15, 0.2) is 60.8 Å². The van der Waals surface area contributed by atoms with E-state index in [2.05, 4.69) is 20.9 Å². The Hall–Kier alpha value is -4.75. The van der Waals surface area contributed by atoms with Crippen molar-refractivity contribution in [2.45, 2.75) is 69.1 Å². The Morgan fingerprint density at radius 3 is 2.02 bits per heavy atom. The number of carbonyl (C=O) groups excluding carboxylic acids is 3. The number of nitrogens with one attached hydrogen (secondary N) is 4. The topological polar surface area (TPSA) is 230 Å². The highest BCUT2D eigenvalue weighted by molar-refractivity contribution is 5.94. The predicted octanol–water partition coefficient (Wildman–Crippen LogP) is 0.813. The molecule has 10 N–H and O–H groups in total. The van der Waals surface area contributed by atoms with Crippen LogP contribution in [0.4, 0.5) is 0 Å². The number of carboxylic acid groups (broad SMARTS) is 2. The van der Waals surface area contributed by atoms with Gasteiger partial charge in [-0.1, -0.05) is 48.5 Å². The fourth-order valence-corrected chi connectivity index (χ4v) is 4.80. The quantitative estimate of drug-likeness (QED) is 0.0954. The SMILES string of the molecule is NCCCCC(NC(=O)C(CCC(=O)O)NC(=O)C(N)Cc1ccccc1)C(=O)NC(Cc1c[nH]c2ccccc12)C(=O)O. The third kappa shape index (κ3) is 10.2. The molecule has 0 aliphatic heterocycles. The van der Waals surface area contributed by atoms with E-state index < -0.39 is 60.2 Å². The lowest BCUT2D eigenvalue weighted by atomic mass is 10.0. The van der Waals surface area contributed by atoms with Crippen LogP contribution in [0.3, 0.4) is 0 Å². The molecule has 44 heavy (non-hydrogen) atoms. The molecule has 1 aromatic heterocycles. The van der Waals surface area contributed by atoms with E-state index in [1.165, 1.54) is 0 Å². The van der Waals surface area contributed by atoms with Crippen molar-refractivity contribution < 1.29 is 34.2 Å². The summed E-state index contributed by atoms with van der Waals surface area (Å²) in [6, 6.07) is 11.6. The zero-order chi connectivity index (χ0) is 32.1. The van der Waals surface area contributed by atoms with Crippen LogP contribution in [0.5, 0.6) is 0 Å². The van der Waals surface area contributed by atoms with Crippen LogP contribution in [0.2, 0.25) is 0 Å². The van der Waals surface area contributed by atoms with Crippen molar-refractivity contribution in [3.63, 3.8) is 0 Å². The highest BCUT2D eigenvalue weighted by atomic mass is 16.4. The summed E-state index contributed by atoms with van der Waals surface area (Å²) in [6.45, 7) is 0.344. The minimum Gasteiger partial charge on any atom is -0.481 e. The molecule has 2 aromatic carbocycles. The fourth-order valence-electron chi connectivity index (χ4n) is 4.80. The van der Waals surface area contributed by atoms with E-state index in [9.17, 15) is 34.2 Å². The van der Waals surface area contributed by atoms with Gasteiger partial charge in [0, 0.05) is 29.9 Å². The standard InChI is InChI=1S/C31H40N6O7/c32-15-7-6-12-24(29(41)37-26(31(43)44)17-20-18-34-23-11-5-4-10-21(20)23)36-30(42)25(13-14-27(38)39)35-28(40)22(33)16-19-8-2-1-3-9-19/h1-5,8-11,18,22,24-26,34H,6-7,12-17,32-33H2,(H,35,40)(H,36,42)(H,37,41)(H,38,39)(H,43,44). The summed E-state index contributed by atoms with van der Waals surface area (Å²) < 4.78 is 0. The van der Waals surface area contributed by atoms with Crippen LogP contribution in [0.25, 0.3) is 10.9 Å². The molecule has 0 aliphatic rings. The van der Waals surface area contributed by atoms with Crippen LogP contribution >= 0.6 is 0 Å². The van der Waals surface area contributed by atoms with Crippen molar-refractivity contribution in [2.75, 3.05) is 6.54 Å². The average molecular weight is 609 g/mol. The Bertz CT molecular complexity index is 1430. The summed E-state index contributed by atoms with van der Waals surface area (Å²) in [5.41, 5.74) is 14.0. The molecule has 0 radical (unpaired) electrons. The Morgan fingerprint density at radius 2 is 1.36 bits per heavy atom. The van der Waals surface area contributed by atoms with Gasteiger partial charge in [-0.25, -0.2) is 4.79 Å². The van der Waals surface area contributed by atoms with Gasteiger partial charge in [-0.2, -0.15) is 0 Å². The maximum atomic E-state index is 13.4. The number of nitrogens with two attached hydrogens (primary N) is 2. The lowest BCUT2D eigenvalue weighted by Gasteiger charge is -2.25. The lowest BCUT2D eigenvalue weighted by Crippen LogP contribution is -2.57. The smallest absolute Gasteiger partial charge is 0.326 e. The highest BCUT2D eigenvalue weighted by Crippen LogP contribution is 2.19. The summed E-state index contributed by atoms with van der Waals surface area (Å²) in [4.78, 5) is 66.1. The summed E-state index contributed by atoms with van der Waals surface area (Å²) in [5, 5.41) is 27.6. The minimum absolute atomic E-state index is 0.00878. The number of benzene rings is 2. The van der Waals surface area contributed by atoms with E-state index in [4.69, 9.17) is 11.5 Å². The van der Waals surface area contributed by atoms with Gasteiger partial charge in [0.1, 0.15) is 18.1 Å². The predicted molar refractivity (Wildman–Crippen MR) is 163 cm³/mol. The van der Waals surface area contributed by atoms with Gasteiger partial charge < -0.3 is 42.6 Å². The van der Waals surface area contributed by atoms with Crippen LogP contribution in [0, 0.1) is 0 Å². The molecule has 3 aromatic rings. The van der Waals surface area contributed by atoms with Gasteiger partial charge in [-0.15, -0.1) is 0 Å². The number of hydrogen-bond donors (Lipinski definition) is 8. The van der Waals surface area contributed by atoms with Crippen molar-refractivity contribution in [3.8, 4) is 0 Å². The zero-order valence-corrected chi connectivity index (χ0v) is 24.3. The first-order valence-electron chi connectivity index (χ1n) is 14.5. The maximum Gasteiger partial charge on any atom is 0.326 e. The van der Waals surface area contributed by atoms with Crippen LogP contribution in [0.1, 0.15) is 43.2 Å². The third-order valence-corrected chi connectivity index (χ3v) is 7.21. The molecule has 0 spiro atoms. The Morgan fingerprint density at radius 1 is 0.750 bits per heavy atom. The van der Waals surface area contributed by atoms with Crippen LogP contribution < -0.4 is 27.4 Å².